The van der Waals surface area contributed by atoms with Crippen molar-refractivity contribution < 1.29 is 22.8 Å². The highest BCUT2D eigenvalue weighted by Gasteiger charge is 2.36. The number of likely N-dealkylation sites (tertiary alicyclic amines) is 2. The maximum absolute atomic E-state index is 13.5. The molecule has 2 aliphatic heterocycles. The van der Waals surface area contributed by atoms with E-state index in [-0.39, 0.29) is 23.5 Å². The fourth-order valence-corrected chi connectivity index (χ4v) is 5.00. The maximum Gasteiger partial charge on any atom is 0.417 e. The number of hydrogen-bond acceptors (Lipinski definition) is 3. The van der Waals surface area contributed by atoms with Gasteiger partial charge in [-0.2, -0.15) is 13.2 Å². The molecule has 2 aromatic carbocycles. The Hall–Kier alpha value is -3.36. The third-order valence-corrected chi connectivity index (χ3v) is 6.78. The molecule has 2 fully saturated rings. The zero-order valence-electron chi connectivity index (χ0n) is 20.1. The summed E-state index contributed by atoms with van der Waals surface area (Å²) < 4.78 is 40.5. The zero-order valence-corrected chi connectivity index (χ0v) is 20.1. The first-order chi connectivity index (χ1) is 16.6. The van der Waals surface area contributed by atoms with Gasteiger partial charge >= 0.3 is 12.2 Å². The number of nitrogens with zero attached hydrogens (tertiary/aromatic N) is 3. The summed E-state index contributed by atoms with van der Waals surface area (Å²) in [5.74, 6) is -0.103. The maximum atomic E-state index is 13.5. The van der Waals surface area contributed by atoms with Crippen LogP contribution in [0.1, 0.15) is 36.0 Å². The summed E-state index contributed by atoms with van der Waals surface area (Å²) in [7, 11) is 1.60. The Morgan fingerprint density at radius 1 is 1.06 bits per heavy atom. The molecule has 2 aliphatic rings. The summed E-state index contributed by atoms with van der Waals surface area (Å²) >= 11 is 0. The van der Waals surface area contributed by atoms with Crippen LogP contribution in [0.15, 0.2) is 41.4 Å². The predicted molar refractivity (Wildman–Crippen MR) is 129 cm³/mol. The summed E-state index contributed by atoms with van der Waals surface area (Å²) in [6.45, 7) is 5.38. The van der Waals surface area contributed by atoms with Gasteiger partial charge in [0.15, 0.2) is 0 Å². The first-order valence-corrected chi connectivity index (χ1v) is 11.7. The van der Waals surface area contributed by atoms with E-state index in [1.54, 1.807) is 44.0 Å². The van der Waals surface area contributed by atoms with Gasteiger partial charge in [-0.1, -0.05) is 18.2 Å². The third kappa shape index (κ3) is 5.04. The average Bonchev–Trinajstić information content (AvgIpc) is 3.20. The number of urea groups is 1. The number of nitrogens with one attached hydrogen (secondary N) is 1. The quantitative estimate of drug-likeness (QED) is 0.656. The van der Waals surface area contributed by atoms with E-state index in [0.717, 1.165) is 30.0 Å². The molecule has 0 radical (unpaired) electrons. The van der Waals surface area contributed by atoms with Crippen LogP contribution in [-0.2, 0) is 11.0 Å². The molecule has 2 saturated heterocycles. The second kappa shape index (κ2) is 9.71. The zero-order chi connectivity index (χ0) is 25.3. The first kappa shape index (κ1) is 24.8. The summed E-state index contributed by atoms with van der Waals surface area (Å²) in [6.07, 6.45) is -2.49. The van der Waals surface area contributed by atoms with Gasteiger partial charge < -0.3 is 15.1 Å². The SMILES string of the molecule is CNC(=O)N1CCC(N2CCC(=Nc3c(C)cc(-c4ccccc4C(F)(F)F)cc3C)C2=O)CC1. The van der Waals surface area contributed by atoms with Crippen molar-refractivity contribution in [3.63, 3.8) is 0 Å². The minimum Gasteiger partial charge on any atom is -0.341 e. The standard InChI is InChI=1S/C26H29F3N4O2/c1-16-14-18(20-6-4-5-7-21(20)26(27,28)29)15-17(2)23(16)31-22-10-13-33(24(22)34)19-8-11-32(12-9-19)25(35)30-3/h4-7,14-15,19H,8-13H2,1-3H3,(H,30,35). The largest absolute Gasteiger partial charge is 0.417 e. The molecule has 0 saturated carbocycles. The molecule has 4 rings (SSSR count). The fourth-order valence-electron chi connectivity index (χ4n) is 5.00. The summed E-state index contributed by atoms with van der Waals surface area (Å²) in [5, 5.41) is 2.63. The van der Waals surface area contributed by atoms with E-state index in [9.17, 15) is 22.8 Å². The fraction of sp³-hybridized carbons (Fsp3) is 0.423. The number of aliphatic imine (C=N–C) groups is 1. The predicted octanol–water partition coefficient (Wildman–Crippen LogP) is 5.10. The number of piperidine rings is 1. The highest BCUT2D eigenvalue weighted by atomic mass is 19.4. The van der Waals surface area contributed by atoms with Crippen molar-refractivity contribution in [1.29, 1.82) is 0 Å². The van der Waals surface area contributed by atoms with Crippen molar-refractivity contribution in [2.75, 3.05) is 26.7 Å². The number of benzene rings is 2. The van der Waals surface area contributed by atoms with Gasteiger partial charge in [0.1, 0.15) is 5.71 Å². The lowest BCUT2D eigenvalue weighted by Gasteiger charge is -2.36. The number of rotatable bonds is 3. The normalized spacial score (nSPS) is 18.5. The molecule has 6 nitrogen and oxygen atoms in total. The summed E-state index contributed by atoms with van der Waals surface area (Å²) in [6, 6.07) is 8.88. The molecule has 0 bridgehead atoms. The van der Waals surface area contributed by atoms with Crippen LogP contribution < -0.4 is 5.32 Å². The average molecular weight is 487 g/mol. The third-order valence-electron chi connectivity index (χ3n) is 6.78. The Balaban J connectivity index is 1.54. The smallest absolute Gasteiger partial charge is 0.341 e. The Kier molecular flexibility index (Phi) is 6.87. The van der Waals surface area contributed by atoms with Gasteiger partial charge in [0, 0.05) is 39.1 Å². The van der Waals surface area contributed by atoms with Crippen LogP contribution in [0.3, 0.4) is 0 Å². The van der Waals surface area contributed by atoms with Crippen molar-refractivity contribution in [3.05, 3.63) is 53.1 Å². The van der Waals surface area contributed by atoms with Gasteiger partial charge in [-0.05, 0) is 67.1 Å². The van der Waals surface area contributed by atoms with E-state index in [1.165, 1.54) is 12.1 Å². The number of halogens is 3. The molecule has 0 unspecified atom stereocenters. The van der Waals surface area contributed by atoms with Crippen molar-refractivity contribution >= 4 is 23.3 Å². The minimum atomic E-state index is -4.45. The van der Waals surface area contributed by atoms with Crippen LogP contribution in [0, 0.1) is 13.8 Å². The molecule has 1 N–H and O–H groups in total. The van der Waals surface area contributed by atoms with Crippen LogP contribution in [0.4, 0.5) is 23.7 Å². The molecule has 3 amide bonds. The van der Waals surface area contributed by atoms with Gasteiger partial charge in [0.25, 0.3) is 5.91 Å². The molecule has 186 valence electrons. The topological polar surface area (TPSA) is 65.0 Å². The summed E-state index contributed by atoms with van der Waals surface area (Å²) in [5.41, 5.74) is 2.44. The monoisotopic (exact) mass is 486 g/mol. The van der Waals surface area contributed by atoms with E-state index in [4.69, 9.17) is 0 Å². The Labute approximate surface area is 202 Å². The molecule has 9 heteroatoms. The summed E-state index contributed by atoms with van der Waals surface area (Å²) in [4.78, 5) is 33.2. The first-order valence-electron chi connectivity index (χ1n) is 11.7. The van der Waals surface area contributed by atoms with E-state index in [1.807, 2.05) is 4.90 Å². The molecular formula is C26H29F3N4O2. The van der Waals surface area contributed by atoms with E-state index in [0.29, 0.717) is 43.0 Å². The van der Waals surface area contributed by atoms with Crippen LogP contribution in [0.2, 0.25) is 0 Å². The number of carbonyl (C=O) groups excluding carboxylic acids is 2. The van der Waals surface area contributed by atoms with Crippen molar-refractivity contribution in [3.8, 4) is 11.1 Å². The van der Waals surface area contributed by atoms with Crippen molar-refractivity contribution in [1.82, 2.24) is 15.1 Å². The van der Waals surface area contributed by atoms with Gasteiger partial charge in [0.05, 0.1) is 11.3 Å². The number of alkyl halides is 3. The second-order valence-corrected chi connectivity index (χ2v) is 9.08. The molecule has 0 spiro atoms. The van der Waals surface area contributed by atoms with Crippen LogP contribution in [0.5, 0.6) is 0 Å². The molecule has 0 atom stereocenters. The van der Waals surface area contributed by atoms with Gasteiger partial charge in [-0.25, -0.2) is 9.79 Å². The van der Waals surface area contributed by atoms with Crippen molar-refractivity contribution in [2.45, 2.75) is 45.3 Å². The van der Waals surface area contributed by atoms with E-state index >= 15 is 0 Å². The minimum absolute atomic E-state index is 0.0690. The van der Waals surface area contributed by atoms with E-state index in [2.05, 4.69) is 10.3 Å². The van der Waals surface area contributed by atoms with E-state index < -0.39 is 11.7 Å². The van der Waals surface area contributed by atoms with Crippen molar-refractivity contribution in [2.24, 2.45) is 4.99 Å². The Morgan fingerprint density at radius 3 is 2.29 bits per heavy atom. The second-order valence-electron chi connectivity index (χ2n) is 9.08. The van der Waals surface area contributed by atoms with Crippen LogP contribution in [0.25, 0.3) is 11.1 Å². The Bertz CT molecular complexity index is 1140. The van der Waals surface area contributed by atoms with Gasteiger partial charge in [0.2, 0.25) is 0 Å². The number of hydrogen-bond donors (Lipinski definition) is 1. The van der Waals surface area contributed by atoms with Crippen LogP contribution in [-0.4, -0.2) is 60.2 Å². The molecule has 0 aromatic heterocycles. The highest BCUT2D eigenvalue weighted by Crippen LogP contribution is 2.39. The molecule has 2 aromatic rings. The number of aryl methyl sites for hydroxylation is 2. The molecule has 35 heavy (non-hydrogen) atoms. The lowest BCUT2D eigenvalue weighted by molar-refractivity contribution is -0.137. The highest BCUT2D eigenvalue weighted by molar-refractivity contribution is 6.41. The number of carbonyl (C=O) groups is 2. The Morgan fingerprint density at radius 2 is 1.69 bits per heavy atom. The van der Waals surface area contributed by atoms with Crippen LogP contribution >= 0.6 is 0 Å². The lowest BCUT2D eigenvalue weighted by atomic mass is 9.95. The molecule has 0 aliphatic carbocycles. The molecular weight excluding hydrogens is 457 g/mol. The van der Waals surface area contributed by atoms with Gasteiger partial charge in [-0.15, -0.1) is 0 Å². The van der Waals surface area contributed by atoms with Gasteiger partial charge in [-0.3, -0.25) is 4.79 Å². The number of amides is 3. The lowest BCUT2D eigenvalue weighted by Crippen LogP contribution is -2.49. The molecule has 2 heterocycles.